The average Bonchev–Trinajstić information content (AvgIpc) is 3.81. The summed E-state index contributed by atoms with van der Waals surface area (Å²) >= 11 is 0. The first kappa shape index (κ1) is 41.2. The maximum absolute atomic E-state index is 13.3. The van der Waals surface area contributed by atoms with Crippen LogP contribution in [0.25, 0.3) is 0 Å². The predicted octanol–water partition coefficient (Wildman–Crippen LogP) is 3.21. The molecular weight excluding hydrogens is 803 g/mol. The minimum Gasteiger partial charge on any atom is -0.377 e. The van der Waals surface area contributed by atoms with Gasteiger partial charge in [0.1, 0.15) is 11.9 Å². The predicted molar refractivity (Wildman–Crippen MR) is 235 cm³/mol. The second-order valence-corrected chi connectivity index (χ2v) is 18.7. The van der Waals surface area contributed by atoms with Crippen LogP contribution in [0, 0.1) is 0 Å². The molecule has 1 aromatic heterocycles. The Hall–Kier alpha value is -5.81. The van der Waals surface area contributed by atoms with Crippen molar-refractivity contribution in [3.63, 3.8) is 0 Å². The number of nitrogens with one attached hydrogen (secondary N) is 2. The van der Waals surface area contributed by atoms with Crippen LogP contribution >= 0.6 is 0 Å². The Morgan fingerprint density at radius 3 is 2.29 bits per heavy atom. The third-order valence-electron chi connectivity index (χ3n) is 14.9. The highest BCUT2D eigenvalue weighted by Crippen LogP contribution is 2.38. The van der Waals surface area contributed by atoms with Crippen molar-refractivity contribution < 1.29 is 28.7 Å². The number of primary amides is 1. The molecule has 17 heteroatoms. The van der Waals surface area contributed by atoms with Gasteiger partial charge in [-0.3, -0.25) is 24.5 Å². The van der Waals surface area contributed by atoms with E-state index >= 15 is 0 Å². The molecule has 6 amide bonds. The van der Waals surface area contributed by atoms with Crippen molar-refractivity contribution in [2.75, 3.05) is 80.7 Å². The number of urea groups is 1. The third-order valence-corrected chi connectivity index (χ3v) is 14.9. The molecule has 0 radical (unpaired) electrons. The Morgan fingerprint density at radius 2 is 1.59 bits per heavy atom. The van der Waals surface area contributed by atoms with E-state index in [2.05, 4.69) is 55.4 Å². The molecule has 2 unspecified atom stereocenters. The number of aromatic nitrogens is 2. The molecule has 2 atom stereocenters. The van der Waals surface area contributed by atoms with Crippen molar-refractivity contribution in [2.24, 2.45) is 5.73 Å². The van der Waals surface area contributed by atoms with Crippen LogP contribution in [0.1, 0.15) is 90.3 Å². The first-order valence-electron chi connectivity index (χ1n) is 22.7. The van der Waals surface area contributed by atoms with Gasteiger partial charge in [0, 0.05) is 75.2 Å². The van der Waals surface area contributed by atoms with Gasteiger partial charge in [0.05, 0.1) is 31.5 Å². The van der Waals surface area contributed by atoms with Gasteiger partial charge in [0.25, 0.3) is 11.8 Å². The van der Waals surface area contributed by atoms with Crippen LogP contribution in [0.15, 0.2) is 48.7 Å². The van der Waals surface area contributed by atoms with E-state index in [9.17, 15) is 24.0 Å². The maximum atomic E-state index is 13.3. The number of anilines is 4. The van der Waals surface area contributed by atoms with Crippen molar-refractivity contribution in [3.05, 3.63) is 71.0 Å². The van der Waals surface area contributed by atoms with E-state index < -0.39 is 11.9 Å². The first-order valence-corrected chi connectivity index (χ1v) is 22.7. The number of amides is 6. The van der Waals surface area contributed by atoms with Crippen molar-refractivity contribution >= 4 is 52.7 Å². The quantitative estimate of drug-likeness (QED) is 0.253. The highest BCUT2D eigenvalue weighted by atomic mass is 16.5. The molecule has 0 saturated carbocycles. The zero-order valence-electron chi connectivity index (χ0n) is 36.0. The number of nitrogens with two attached hydrogens (primary N) is 1. The number of imide groups is 1. The fourth-order valence-electron chi connectivity index (χ4n) is 10.9. The van der Waals surface area contributed by atoms with Crippen molar-refractivity contribution in [3.8, 4) is 0 Å². The zero-order valence-corrected chi connectivity index (χ0v) is 36.0. The first-order chi connectivity index (χ1) is 30.5. The Kier molecular flexibility index (Phi) is 10.9. The minimum absolute atomic E-state index is 0.0294. The third kappa shape index (κ3) is 7.94. The van der Waals surface area contributed by atoms with E-state index in [0.717, 1.165) is 94.7 Å². The van der Waals surface area contributed by atoms with Gasteiger partial charge in [0.2, 0.25) is 11.8 Å². The SMILES string of the molecule is CC1(c2ccc(Nc3nc(N4CCCC(N5CCN(C6COC6)C5=O)C4)cnc3C(N)=O)cc2)CCN(C2CCN(c3ccc4c(c3)CN(C3CCC(=O)NC3=O)C4=O)CC2)CC1. The normalized spacial score (nSPS) is 24.7. The van der Waals surface area contributed by atoms with E-state index in [4.69, 9.17) is 15.5 Å². The Morgan fingerprint density at radius 1 is 0.841 bits per heavy atom. The topological polar surface area (TPSA) is 190 Å². The Labute approximate surface area is 367 Å². The fraction of sp³-hybridized carbons (Fsp3) is 0.543. The summed E-state index contributed by atoms with van der Waals surface area (Å²) < 4.78 is 5.33. The van der Waals surface area contributed by atoms with E-state index in [1.807, 2.05) is 34.1 Å². The lowest BCUT2D eigenvalue weighted by atomic mass is 9.74. The minimum atomic E-state index is -0.654. The van der Waals surface area contributed by atoms with Crippen molar-refractivity contribution in [1.82, 2.24) is 34.9 Å². The number of ether oxygens (including phenoxy) is 1. The van der Waals surface area contributed by atoms with E-state index in [0.29, 0.717) is 62.5 Å². The molecule has 10 rings (SSSR count). The van der Waals surface area contributed by atoms with Crippen LogP contribution in [0.3, 0.4) is 0 Å². The van der Waals surface area contributed by atoms with Gasteiger partial charge < -0.3 is 45.2 Å². The average molecular weight is 860 g/mol. The lowest BCUT2D eigenvalue weighted by molar-refractivity contribution is -0.136. The summed E-state index contributed by atoms with van der Waals surface area (Å²) in [5.41, 5.74) is 10.6. The summed E-state index contributed by atoms with van der Waals surface area (Å²) in [6, 6.07) is 14.7. The molecule has 6 saturated heterocycles. The van der Waals surface area contributed by atoms with Crippen LogP contribution in [0.5, 0.6) is 0 Å². The number of likely N-dealkylation sites (tertiary alicyclic amines) is 1. The summed E-state index contributed by atoms with van der Waals surface area (Å²) in [5, 5.41) is 5.72. The van der Waals surface area contributed by atoms with Crippen LogP contribution in [-0.4, -0.2) is 149 Å². The van der Waals surface area contributed by atoms with E-state index in [1.54, 1.807) is 11.1 Å². The maximum Gasteiger partial charge on any atom is 0.320 e. The number of fused-ring (bicyclic) bond motifs is 1. The summed E-state index contributed by atoms with van der Waals surface area (Å²) in [6.45, 7) is 10.8. The van der Waals surface area contributed by atoms with Crippen molar-refractivity contribution in [1.29, 1.82) is 0 Å². The molecule has 4 N–H and O–H groups in total. The Bertz CT molecular complexity index is 2290. The van der Waals surface area contributed by atoms with Crippen LogP contribution in [-0.2, 0) is 26.3 Å². The zero-order chi connectivity index (χ0) is 43.4. The van der Waals surface area contributed by atoms with Gasteiger partial charge in [-0.05, 0) is 105 Å². The molecule has 7 aliphatic heterocycles. The monoisotopic (exact) mass is 859 g/mol. The standard InChI is InChI=1S/C46H57N11O6/c1-46(14-19-53(20-15-46)32-12-17-52(18-13-32)33-8-9-36-29(23-33)25-57(44(36)61)37-10-11-39(58)51-43(37)60)30-4-6-31(7-5-30)49-42-40(41(47)59)48-24-38(50-42)54-16-2-3-34(26-54)55-21-22-56(45(55)62)35-27-63-28-35/h4-9,23-24,32,34-35,37H,2-3,10-22,25-28H2,1H3,(H2,47,59)(H,49,50)(H,51,58,60). The molecule has 63 heavy (non-hydrogen) atoms. The molecule has 0 aliphatic carbocycles. The van der Waals surface area contributed by atoms with Crippen LogP contribution in [0.4, 0.5) is 27.8 Å². The molecule has 2 aromatic carbocycles. The second-order valence-electron chi connectivity index (χ2n) is 18.7. The fourth-order valence-corrected chi connectivity index (χ4v) is 10.9. The number of hydrogen-bond acceptors (Lipinski definition) is 12. The van der Waals surface area contributed by atoms with E-state index in [-0.39, 0.29) is 53.4 Å². The van der Waals surface area contributed by atoms with Crippen LogP contribution in [0.2, 0.25) is 0 Å². The van der Waals surface area contributed by atoms with Gasteiger partial charge in [0.15, 0.2) is 11.5 Å². The van der Waals surface area contributed by atoms with Crippen LogP contribution < -0.4 is 26.2 Å². The second kappa shape index (κ2) is 16.7. The lowest BCUT2D eigenvalue weighted by Crippen LogP contribution is -2.53. The molecular formula is C46H57N11O6. The number of carbonyl (C=O) groups is 5. The van der Waals surface area contributed by atoms with Gasteiger partial charge in [-0.25, -0.2) is 14.8 Å². The molecule has 0 spiro atoms. The summed E-state index contributed by atoms with van der Waals surface area (Å²) in [6.07, 6.45) is 8.29. The van der Waals surface area contributed by atoms with E-state index in [1.165, 1.54) is 5.56 Å². The largest absolute Gasteiger partial charge is 0.377 e. The molecule has 6 fully saturated rings. The van der Waals surface area contributed by atoms with Gasteiger partial charge >= 0.3 is 6.03 Å². The van der Waals surface area contributed by atoms with Gasteiger partial charge in [-0.15, -0.1) is 0 Å². The number of nitrogens with zero attached hydrogens (tertiary/aromatic N) is 8. The number of carbonyl (C=O) groups excluding carboxylic acids is 5. The smallest absolute Gasteiger partial charge is 0.320 e. The number of rotatable bonds is 10. The van der Waals surface area contributed by atoms with Gasteiger partial charge in [-0.2, -0.15) is 0 Å². The number of piperidine rings is 4. The summed E-state index contributed by atoms with van der Waals surface area (Å²) in [7, 11) is 0. The van der Waals surface area contributed by atoms with Gasteiger partial charge in [-0.1, -0.05) is 19.1 Å². The summed E-state index contributed by atoms with van der Waals surface area (Å²) in [4.78, 5) is 85.3. The molecule has 17 nitrogen and oxygen atoms in total. The molecule has 7 aliphatic rings. The molecule has 8 heterocycles. The van der Waals surface area contributed by atoms with Crippen molar-refractivity contribution in [2.45, 2.75) is 94.4 Å². The number of benzene rings is 2. The summed E-state index contributed by atoms with van der Waals surface area (Å²) in [5.74, 6) is -0.504. The Balaban J connectivity index is 0.726. The molecule has 332 valence electrons. The number of hydrogen-bond donors (Lipinski definition) is 3. The molecule has 3 aromatic rings. The lowest BCUT2D eigenvalue weighted by Gasteiger charge is -2.45. The molecule has 0 bridgehead atoms. The highest BCUT2D eigenvalue weighted by molar-refractivity contribution is 6.05. The highest BCUT2D eigenvalue weighted by Gasteiger charge is 2.42.